The van der Waals surface area contributed by atoms with Crippen LogP contribution in [0.1, 0.15) is 48.4 Å². The molecule has 30 heavy (non-hydrogen) atoms. The van der Waals surface area contributed by atoms with E-state index in [9.17, 15) is 14.7 Å². The van der Waals surface area contributed by atoms with Crippen LogP contribution in [-0.4, -0.2) is 59.0 Å². The van der Waals surface area contributed by atoms with Crippen LogP contribution in [0, 0.1) is 0 Å². The van der Waals surface area contributed by atoms with Gasteiger partial charge in [0.05, 0.1) is 18.8 Å². The fraction of sp³-hybridized carbons (Fsp3) is 0.417. The summed E-state index contributed by atoms with van der Waals surface area (Å²) in [5, 5.41) is 9.86. The smallest absolute Gasteiger partial charge is 0.193 e. The molecule has 0 amide bonds. The summed E-state index contributed by atoms with van der Waals surface area (Å²) >= 11 is 1.56. The number of morpholine rings is 1. The van der Waals surface area contributed by atoms with Gasteiger partial charge in [-0.1, -0.05) is 36.0 Å². The fourth-order valence-corrected chi connectivity index (χ4v) is 4.27. The van der Waals surface area contributed by atoms with Gasteiger partial charge in [-0.05, 0) is 52.0 Å². The average Bonchev–Trinajstić information content (AvgIpc) is 2.74. The van der Waals surface area contributed by atoms with Crippen molar-refractivity contribution < 1.29 is 19.4 Å². The van der Waals surface area contributed by atoms with Gasteiger partial charge >= 0.3 is 0 Å². The van der Waals surface area contributed by atoms with Crippen molar-refractivity contribution in [1.82, 2.24) is 4.90 Å². The number of hydrogen-bond acceptors (Lipinski definition) is 6. The van der Waals surface area contributed by atoms with Crippen molar-refractivity contribution in [2.24, 2.45) is 0 Å². The molecule has 1 aliphatic heterocycles. The summed E-state index contributed by atoms with van der Waals surface area (Å²) in [5.41, 5.74) is -0.770. The van der Waals surface area contributed by atoms with E-state index >= 15 is 0 Å². The van der Waals surface area contributed by atoms with E-state index in [1.165, 1.54) is 13.8 Å². The molecule has 0 atom stereocenters. The lowest BCUT2D eigenvalue weighted by molar-refractivity contribution is -0.00430. The van der Waals surface area contributed by atoms with Gasteiger partial charge < -0.3 is 9.84 Å². The van der Waals surface area contributed by atoms with Crippen LogP contribution in [0.5, 0.6) is 0 Å². The first-order valence-corrected chi connectivity index (χ1v) is 10.9. The first-order valence-electron chi connectivity index (χ1n) is 10.1. The Morgan fingerprint density at radius 3 is 1.70 bits per heavy atom. The second-order valence-corrected chi connectivity index (χ2v) is 9.67. The van der Waals surface area contributed by atoms with Gasteiger partial charge in [0.15, 0.2) is 11.6 Å². The van der Waals surface area contributed by atoms with Crippen LogP contribution in [0.2, 0.25) is 0 Å². The molecule has 160 valence electrons. The number of benzene rings is 2. The number of aliphatic hydroxyl groups is 1. The molecule has 3 rings (SSSR count). The zero-order chi connectivity index (χ0) is 21.9. The molecule has 0 aromatic heterocycles. The first kappa shape index (κ1) is 22.7. The Bertz CT molecular complexity index is 892. The van der Waals surface area contributed by atoms with Crippen molar-refractivity contribution in [2.75, 3.05) is 26.3 Å². The second-order valence-electron chi connectivity index (χ2n) is 8.53. The van der Waals surface area contributed by atoms with Crippen molar-refractivity contribution in [2.45, 2.75) is 48.6 Å². The normalized spacial score (nSPS) is 15.8. The van der Waals surface area contributed by atoms with Crippen LogP contribution in [0.3, 0.4) is 0 Å². The molecular weight excluding hydrogens is 398 g/mol. The van der Waals surface area contributed by atoms with Crippen LogP contribution >= 0.6 is 11.8 Å². The maximum Gasteiger partial charge on any atom is 0.193 e. The number of hydrogen-bond donors (Lipinski definition) is 1. The number of nitrogens with zero attached hydrogens (tertiary/aromatic N) is 1. The van der Waals surface area contributed by atoms with Crippen LogP contribution in [0.15, 0.2) is 58.3 Å². The Hall–Kier alpha value is -1.99. The van der Waals surface area contributed by atoms with E-state index < -0.39 is 11.1 Å². The van der Waals surface area contributed by atoms with E-state index in [-0.39, 0.29) is 11.6 Å². The number of carbonyl (C=O) groups excluding carboxylic acids is 2. The number of Topliss-reactive ketones (excluding diaryl/α,β-unsaturated/α-hetero) is 2. The standard InChI is InChI=1S/C24H29NO4S/c1-23(2,25-13-15-29-16-14-25)21(26)17-5-9-19(10-6-17)30-20-11-7-18(8-12-20)22(27)24(3,4)28/h5-12,28H,13-16H2,1-4H3. The lowest BCUT2D eigenvalue weighted by Gasteiger charge is -2.39. The van der Waals surface area contributed by atoms with Crippen molar-refractivity contribution in [3.8, 4) is 0 Å². The Labute approximate surface area is 182 Å². The Morgan fingerprint density at radius 2 is 1.27 bits per heavy atom. The highest BCUT2D eigenvalue weighted by atomic mass is 32.2. The lowest BCUT2D eigenvalue weighted by atomic mass is 9.91. The van der Waals surface area contributed by atoms with Gasteiger partial charge in [0.1, 0.15) is 5.60 Å². The summed E-state index contributed by atoms with van der Waals surface area (Å²) in [4.78, 5) is 29.4. The van der Waals surface area contributed by atoms with Crippen LogP contribution in [0.25, 0.3) is 0 Å². The summed E-state index contributed by atoms with van der Waals surface area (Å²) in [6.07, 6.45) is 0. The molecule has 0 aliphatic carbocycles. The zero-order valence-corrected chi connectivity index (χ0v) is 18.8. The van der Waals surface area contributed by atoms with E-state index in [0.717, 1.165) is 22.9 Å². The Kier molecular flexibility index (Phi) is 6.82. The number of ketones is 2. The number of ether oxygens (including phenoxy) is 1. The van der Waals surface area contributed by atoms with Crippen molar-refractivity contribution in [3.05, 3.63) is 59.7 Å². The Balaban J connectivity index is 1.67. The molecule has 1 N–H and O–H groups in total. The largest absolute Gasteiger partial charge is 0.382 e. The van der Waals surface area contributed by atoms with E-state index in [0.29, 0.717) is 24.3 Å². The maximum atomic E-state index is 13.1. The summed E-state index contributed by atoms with van der Waals surface area (Å²) in [6.45, 7) is 9.76. The topological polar surface area (TPSA) is 66.8 Å². The third-order valence-corrected chi connectivity index (χ3v) is 6.40. The molecule has 5 nitrogen and oxygen atoms in total. The summed E-state index contributed by atoms with van der Waals surface area (Å²) in [6, 6.07) is 14.8. The Morgan fingerprint density at radius 1 is 0.833 bits per heavy atom. The molecule has 1 heterocycles. The van der Waals surface area contributed by atoms with Gasteiger partial charge in [0, 0.05) is 34.0 Å². The number of rotatable bonds is 7. The molecule has 0 bridgehead atoms. The van der Waals surface area contributed by atoms with E-state index in [1.54, 1.807) is 23.9 Å². The van der Waals surface area contributed by atoms with Crippen molar-refractivity contribution >= 4 is 23.3 Å². The molecule has 6 heteroatoms. The molecule has 0 unspecified atom stereocenters. The van der Waals surface area contributed by atoms with Crippen LogP contribution < -0.4 is 0 Å². The molecule has 2 aromatic carbocycles. The summed E-state index contributed by atoms with van der Waals surface area (Å²) < 4.78 is 5.40. The minimum Gasteiger partial charge on any atom is -0.382 e. The minimum atomic E-state index is -1.38. The number of carbonyl (C=O) groups is 2. The van der Waals surface area contributed by atoms with Gasteiger partial charge in [-0.3, -0.25) is 14.5 Å². The van der Waals surface area contributed by atoms with Gasteiger partial charge in [0.2, 0.25) is 0 Å². The molecule has 2 aromatic rings. The highest BCUT2D eigenvalue weighted by molar-refractivity contribution is 7.99. The van der Waals surface area contributed by atoms with Gasteiger partial charge in [-0.15, -0.1) is 0 Å². The van der Waals surface area contributed by atoms with E-state index in [1.807, 2.05) is 50.2 Å². The maximum absolute atomic E-state index is 13.1. The van der Waals surface area contributed by atoms with Gasteiger partial charge in [-0.2, -0.15) is 0 Å². The van der Waals surface area contributed by atoms with Crippen molar-refractivity contribution in [1.29, 1.82) is 0 Å². The quantitative estimate of drug-likeness (QED) is 0.672. The fourth-order valence-electron chi connectivity index (χ4n) is 3.46. The van der Waals surface area contributed by atoms with Gasteiger partial charge in [-0.25, -0.2) is 0 Å². The molecule has 1 saturated heterocycles. The summed E-state index contributed by atoms with van der Waals surface area (Å²) in [5.74, 6) is -0.194. The summed E-state index contributed by atoms with van der Waals surface area (Å²) in [7, 11) is 0. The van der Waals surface area contributed by atoms with E-state index in [2.05, 4.69) is 4.90 Å². The molecule has 0 spiro atoms. The monoisotopic (exact) mass is 427 g/mol. The third kappa shape index (κ3) is 5.19. The van der Waals surface area contributed by atoms with Crippen molar-refractivity contribution in [3.63, 3.8) is 0 Å². The molecule has 0 radical (unpaired) electrons. The predicted molar refractivity (Wildman–Crippen MR) is 118 cm³/mol. The molecule has 1 fully saturated rings. The third-order valence-electron chi connectivity index (χ3n) is 5.38. The highest BCUT2D eigenvalue weighted by Gasteiger charge is 2.35. The van der Waals surface area contributed by atoms with Crippen LogP contribution in [0.4, 0.5) is 0 Å². The zero-order valence-electron chi connectivity index (χ0n) is 18.0. The molecule has 0 saturated carbocycles. The minimum absolute atomic E-state index is 0.107. The SMILES string of the molecule is CC(C)(O)C(=O)c1ccc(Sc2ccc(C(=O)C(C)(C)N3CCOCC3)cc2)cc1. The molecular formula is C24H29NO4S. The van der Waals surface area contributed by atoms with Crippen LogP contribution in [-0.2, 0) is 4.74 Å². The molecule has 1 aliphatic rings. The first-order chi connectivity index (χ1) is 14.1. The predicted octanol–water partition coefficient (Wildman–Crippen LogP) is 4.08. The highest BCUT2D eigenvalue weighted by Crippen LogP contribution is 2.30. The lowest BCUT2D eigenvalue weighted by Crippen LogP contribution is -2.54. The van der Waals surface area contributed by atoms with E-state index in [4.69, 9.17) is 4.74 Å². The second kappa shape index (κ2) is 9.02. The van der Waals surface area contributed by atoms with Gasteiger partial charge in [0.25, 0.3) is 0 Å². The average molecular weight is 428 g/mol.